The van der Waals surface area contributed by atoms with Gasteiger partial charge in [-0.2, -0.15) is 0 Å². The van der Waals surface area contributed by atoms with Gasteiger partial charge >= 0.3 is 0 Å². The summed E-state index contributed by atoms with van der Waals surface area (Å²) in [6, 6.07) is 3.63. The van der Waals surface area contributed by atoms with Crippen LogP contribution in [-0.4, -0.2) is 5.78 Å². The van der Waals surface area contributed by atoms with Crippen molar-refractivity contribution in [3.05, 3.63) is 62.9 Å². The topological polar surface area (TPSA) is 43.1 Å². The Balaban J connectivity index is 2.70. The first-order valence-corrected chi connectivity index (χ1v) is 6.16. The third-order valence-corrected chi connectivity index (χ3v) is 3.33. The highest BCUT2D eigenvalue weighted by atomic mass is 79.9. The first-order valence-electron chi connectivity index (χ1n) is 5.36. The molecule has 0 spiro atoms. The number of nitrogen functional groups attached to an aromatic ring is 1. The minimum Gasteiger partial charge on any atom is -0.399 e. The monoisotopic (exact) mass is 365 g/mol. The zero-order valence-electron chi connectivity index (χ0n) is 9.99. The summed E-state index contributed by atoms with van der Waals surface area (Å²) in [4.78, 5) is 12.0. The van der Waals surface area contributed by atoms with Crippen LogP contribution in [-0.2, 0) is 0 Å². The van der Waals surface area contributed by atoms with Crippen molar-refractivity contribution in [3.8, 4) is 0 Å². The second-order valence-electron chi connectivity index (χ2n) is 4.01. The Morgan fingerprint density at radius 2 is 1.38 bits per heavy atom. The Hall–Kier alpha value is -1.96. The normalized spacial score (nSPS) is 10.8. The lowest BCUT2D eigenvalue weighted by Gasteiger charge is -2.09. The van der Waals surface area contributed by atoms with Crippen molar-refractivity contribution in [1.82, 2.24) is 0 Å². The Morgan fingerprint density at radius 1 is 0.905 bits per heavy atom. The first kappa shape index (κ1) is 15.4. The van der Waals surface area contributed by atoms with Gasteiger partial charge in [0.1, 0.15) is 5.56 Å². The molecule has 0 fully saturated rings. The van der Waals surface area contributed by atoms with Crippen LogP contribution >= 0.6 is 15.9 Å². The largest absolute Gasteiger partial charge is 0.399 e. The van der Waals surface area contributed by atoms with Gasteiger partial charge in [-0.25, -0.2) is 22.0 Å². The van der Waals surface area contributed by atoms with Gasteiger partial charge in [0.05, 0.1) is 0 Å². The van der Waals surface area contributed by atoms with Crippen molar-refractivity contribution >= 4 is 27.4 Å². The standard InChI is InChI=1S/C13H5BrF5NO/c14-6-3-4(20)1-2-5(6)13(21)7-8(15)10(17)12(19)11(18)9(7)16/h1-3H,20H2. The zero-order valence-corrected chi connectivity index (χ0v) is 11.6. The lowest BCUT2D eigenvalue weighted by atomic mass is 10.0. The molecule has 0 aliphatic rings. The minimum atomic E-state index is -2.32. The summed E-state index contributed by atoms with van der Waals surface area (Å²) >= 11 is 2.94. The summed E-state index contributed by atoms with van der Waals surface area (Å²) in [5.41, 5.74) is 3.88. The number of benzene rings is 2. The molecule has 0 saturated heterocycles. The fraction of sp³-hybridized carbons (Fsp3) is 0. The van der Waals surface area contributed by atoms with E-state index in [0.717, 1.165) is 6.07 Å². The maximum Gasteiger partial charge on any atom is 0.200 e. The second-order valence-corrected chi connectivity index (χ2v) is 4.87. The molecule has 0 atom stereocenters. The van der Waals surface area contributed by atoms with Crippen molar-refractivity contribution < 1.29 is 26.7 Å². The lowest BCUT2D eigenvalue weighted by Crippen LogP contribution is -2.14. The molecule has 110 valence electrons. The van der Waals surface area contributed by atoms with Crippen LogP contribution in [0.5, 0.6) is 0 Å². The van der Waals surface area contributed by atoms with E-state index in [4.69, 9.17) is 5.73 Å². The number of hydrogen-bond acceptors (Lipinski definition) is 2. The number of nitrogens with two attached hydrogens (primary N) is 1. The van der Waals surface area contributed by atoms with Crippen LogP contribution in [0.3, 0.4) is 0 Å². The van der Waals surface area contributed by atoms with Gasteiger partial charge in [0.2, 0.25) is 5.82 Å². The molecule has 0 unspecified atom stereocenters. The van der Waals surface area contributed by atoms with Crippen molar-refractivity contribution in [2.45, 2.75) is 0 Å². The van der Waals surface area contributed by atoms with Gasteiger partial charge < -0.3 is 5.73 Å². The molecule has 2 aromatic carbocycles. The Labute approximate surface area is 123 Å². The number of anilines is 1. The van der Waals surface area contributed by atoms with Crippen molar-refractivity contribution in [1.29, 1.82) is 0 Å². The molecule has 8 heteroatoms. The highest BCUT2D eigenvalue weighted by Gasteiger charge is 2.30. The summed E-state index contributed by atoms with van der Waals surface area (Å²) in [7, 11) is 0. The average Bonchev–Trinajstić information content (AvgIpc) is 2.43. The van der Waals surface area contributed by atoms with E-state index in [1.807, 2.05) is 0 Å². The van der Waals surface area contributed by atoms with Crippen LogP contribution in [0, 0.1) is 29.1 Å². The van der Waals surface area contributed by atoms with Crippen LogP contribution in [0.15, 0.2) is 22.7 Å². The molecule has 0 bridgehead atoms. The highest BCUT2D eigenvalue weighted by Crippen LogP contribution is 2.28. The summed E-state index contributed by atoms with van der Waals surface area (Å²) in [5, 5.41) is 0. The predicted molar refractivity (Wildman–Crippen MR) is 68.2 cm³/mol. The Bertz CT molecular complexity index is 734. The number of carbonyl (C=O) groups excluding carboxylic acids is 1. The van der Waals surface area contributed by atoms with E-state index in [-0.39, 0.29) is 15.7 Å². The maximum absolute atomic E-state index is 13.6. The molecule has 2 nitrogen and oxygen atoms in total. The molecule has 21 heavy (non-hydrogen) atoms. The van der Waals surface area contributed by atoms with E-state index in [2.05, 4.69) is 15.9 Å². The molecular weight excluding hydrogens is 361 g/mol. The van der Waals surface area contributed by atoms with Gasteiger partial charge in [-0.05, 0) is 34.1 Å². The van der Waals surface area contributed by atoms with Gasteiger partial charge in [-0.1, -0.05) is 0 Å². The van der Waals surface area contributed by atoms with Crippen molar-refractivity contribution in [2.24, 2.45) is 0 Å². The smallest absolute Gasteiger partial charge is 0.200 e. The van der Waals surface area contributed by atoms with Crippen LogP contribution < -0.4 is 5.73 Å². The van der Waals surface area contributed by atoms with E-state index in [0.29, 0.717) is 0 Å². The number of hydrogen-bond donors (Lipinski definition) is 1. The van der Waals surface area contributed by atoms with E-state index in [1.165, 1.54) is 12.1 Å². The molecule has 2 N–H and O–H groups in total. The zero-order chi connectivity index (χ0) is 15.9. The van der Waals surface area contributed by atoms with Gasteiger partial charge in [0.15, 0.2) is 29.1 Å². The molecule has 0 heterocycles. The molecular formula is C13H5BrF5NO. The SMILES string of the molecule is Nc1ccc(C(=O)c2c(F)c(F)c(F)c(F)c2F)c(Br)c1. The van der Waals surface area contributed by atoms with E-state index in [1.54, 1.807) is 0 Å². The number of rotatable bonds is 2. The van der Waals surface area contributed by atoms with E-state index in [9.17, 15) is 26.7 Å². The van der Waals surface area contributed by atoms with Crippen molar-refractivity contribution in [2.75, 3.05) is 5.73 Å². The molecule has 0 amide bonds. The third kappa shape index (κ3) is 2.51. The molecule has 0 aliphatic carbocycles. The molecule has 0 saturated carbocycles. The Kier molecular flexibility index (Phi) is 3.99. The molecule has 2 rings (SSSR count). The van der Waals surface area contributed by atoms with Crippen LogP contribution in [0.2, 0.25) is 0 Å². The lowest BCUT2D eigenvalue weighted by molar-refractivity contribution is 0.102. The highest BCUT2D eigenvalue weighted by molar-refractivity contribution is 9.10. The summed E-state index contributed by atoms with van der Waals surface area (Å²) in [5.74, 6) is -12.4. The molecule has 0 aliphatic heterocycles. The van der Waals surface area contributed by atoms with E-state index >= 15 is 0 Å². The molecule has 0 aromatic heterocycles. The molecule has 2 aromatic rings. The van der Waals surface area contributed by atoms with Crippen LogP contribution in [0.25, 0.3) is 0 Å². The van der Waals surface area contributed by atoms with Gasteiger partial charge in [0, 0.05) is 15.7 Å². The van der Waals surface area contributed by atoms with Gasteiger partial charge in [-0.15, -0.1) is 0 Å². The summed E-state index contributed by atoms with van der Waals surface area (Å²) in [6.45, 7) is 0. The van der Waals surface area contributed by atoms with Crippen LogP contribution in [0.4, 0.5) is 27.6 Å². The third-order valence-electron chi connectivity index (χ3n) is 2.67. The second kappa shape index (κ2) is 5.44. The van der Waals surface area contributed by atoms with Gasteiger partial charge in [0.25, 0.3) is 0 Å². The summed E-state index contributed by atoms with van der Waals surface area (Å²) < 4.78 is 66.3. The fourth-order valence-electron chi connectivity index (χ4n) is 1.65. The average molecular weight is 366 g/mol. The number of ketones is 1. The Morgan fingerprint density at radius 3 is 1.86 bits per heavy atom. The predicted octanol–water partition coefficient (Wildman–Crippen LogP) is 3.96. The summed E-state index contributed by atoms with van der Waals surface area (Å²) in [6.07, 6.45) is 0. The number of halogens is 6. The van der Waals surface area contributed by atoms with Gasteiger partial charge in [-0.3, -0.25) is 4.79 Å². The fourth-order valence-corrected chi connectivity index (χ4v) is 2.23. The number of carbonyl (C=O) groups is 1. The van der Waals surface area contributed by atoms with Crippen LogP contribution in [0.1, 0.15) is 15.9 Å². The minimum absolute atomic E-state index is 0.0661. The van der Waals surface area contributed by atoms with Crippen molar-refractivity contribution in [3.63, 3.8) is 0 Å². The maximum atomic E-state index is 13.6. The molecule has 0 radical (unpaired) electrons. The first-order chi connectivity index (χ1) is 9.75. The van der Waals surface area contributed by atoms with E-state index < -0.39 is 40.4 Å². The quantitative estimate of drug-likeness (QED) is 0.288.